The van der Waals surface area contributed by atoms with Crippen molar-refractivity contribution in [3.63, 3.8) is 0 Å². The fraction of sp³-hybridized carbons (Fsp3) is 0.500. The topological polar surface area (TPSA) is 132 Å². The van der Waals surface area contributed by atoms with E-state index in [2.05, 4.69) is 0 Å². The van der Waals surface area contributed by atoms with Crippen molar-refractivity contribution in [3.8, 4) is 0 Å². The molecule has 1 fully saturated rings. The number of aromatic carboxylic acids is 1. The van der Waals surface area contributed by atoms with E-state index in [9.17, 15) is 26.7 Å². The summed E-state index contributed by atoms with van der Waals surface area (Å²) in [6.45, 7) is 1.51. The van der Waals surface area contributed by atoms with E-state index in [1.54, 1.807) is 0 Å². The monoisotopic (exact) mass is 392 g/mol. The molecule has 0 amide bonds. The molecule has 0 unspecified atom stereocenters. The third-order valence-corrected chi connectivity index (χ3v) is 7.72. The van der Waals surface area contributed by atoms with Gasteiger partial charge < -0.3 is 10.2 Å². The number of sulfonamides is 1. The Balaban J connectivity index is 2.59. The highest BCUT2D eigenvalue weighted by Gasteiger charge is 2.46. The van der Waals surface area contributed by atoms with Crippen molar-refractivity contribution in [3.05, 3.63) is 29.3 Å². The number of benzene rings is 1. The average Bonchev–Trinajstić information content (AvgIpc) is 2.71. The molecule has 1 saturated heterocycles. The summed E-state index contributed by atoms with van der Waals surface area (Å²) in [6.07, 6.45) is -1.37. The van der Waals surface area contributed by atoms with Crippen LogP contribution in [0.15, 0.2) is 23.1 Å². The summed E-state index contributed by atoms with van der Waals surface area (Å²) in [5.74, 6) is -2.31. The smallest absolute Gasteiger partial charge is 0.335 e. The highest BCUT2D eigenvalue weighted by molar-refractivity contribution is 7.92. The highest BCUT2D eigenvalue weighted by atomic mass is 32.2. The van der Waals surface area contributed by atoms with Crippen molar-refractivity contribution in [1.82, 2.24) is 9.42 Å². The van der Waals surface area contributed by atoms with E-state index in [4.69, 9.17) is 5.11 Å². The predicted molar refractivity (Wildman–Crippen MR) is 89.3 cm³/mol. The Morgan fingerprint density at radius 2 is 1.84 bits per heavy atom. The van der Waals surface area contributed by atoms with Crippen LogP contribution in [0, 0.1) is 6.92 Å². The van der Waals surface area contributed by atoms with Gasteiger partial charge in [0.25, 0.3) is 10.0 Å². The summed E-state index contributed by atoms with van der Waals surface area (Å²) in [7, 11) is -5.04. The molecular formula is C14H20N2O7S2. The maximum Gasteiger partial charge on any atom is 0.335 e. The zero-order chi connectivity index (χ0) is 19.2. The number of aryl methyl sites for hydroxylation is 1. The molecule has 0 bridgehead atoms. The van der Waals surface area contributed by atoms with E-state index >= 15 is 0 Å². The molecule has 0 aromatic heterocycles. The molecule has 0 spiro atoms. The molecule has 1 aromatic rings. The molecule has 2 N–H and O–H groups in total. The molecule has 1 heterocycles. The van der Waals surface area contributed by atoms with Crippen molar-refractivity contribution in [1.29, 1.82) is 0 Å². The van der Waals surface area contributed by atoms with Crippen LogP contribution in [0.5, 0.6) is 0 Å². The first-order valence-electron chi connectivity index (χ1n) is 7.31. The third-order valence-electron chi connectivity index (χ3n) is 3.93. The number of hydrogen-bond acceptors (Lipinski definition) is 7. The van der Waals surface area contributed by atoms with E-state index in [1.807, 2.05) is 0 Å². The Morgan fingerprint density at radius 1 is 1.24 bits per heavy atom. The van der Waals surface area contributed by atoms with E-state index in [1.165, 1.54) is 38.2 Å². The minimum Gasteiger partial charge on any atom is -0.478 e. The average molecular weight is 392 g/mol. The number of aliphatic hydroxyl groups is 1. The number of rotatable bonds is 5. The van der Waals surface area contributed by atoms with Crippen molar-refractivity contribution < 1.29 is 31.8 Å². The Hall–Kier alpha value is -1.53. The van der Waals surface area contributed by atoms with Gasteiger partial charge in [-0.2, -0.15) is 0 Å². The molecule has 2 rings (SSSR count). The highest BCUT2D eigenvalue weighted by Crippen LogP contribution is 2.28. The van der Waals surface area contributed by atoms with Crippen LogP contribution in [0.1, 0.15) is 15.9 Å². The van der Waals surface area contributed by atoms with Crippen molar-refractivity contribution in [2.24, 2.45) is 0 Å². The number of carboxylic acids is 1. The lowest BCUT2D eigenvalue weighted by Crippen LogP contribution is -2.53. The van der Waals surface area contributed by atoms with Gasteiger partial charge in [0, 0.05) is 14.1 Å². The quantitative estimate of drug-likeness (QED) is 0.630. The summed E-state index contributed by atoms with van der Waals surface area (Å²) >= 11 is 0. The molecule has 2 atom stereocenters. The van der Waals surface area contributed by atoms with Gasteiger partial charge in [-0.3, -0.25) is 0 Å². The summed E-state index contributed by atoms with van der Waals surface area (Å²) in [5, 5.41) is 20.3. The van der Waals surface area contributed by atoms with Crippen molar-refractivity contribution >= 4 is 25.8 Å². The summed E-state index contributed by atoms with van der Waals surface area (Å²) < 4.78 is 50.5. The molecule has 0 radical (unpaired) electrons. The maximum atomic E-state index is 13.1. The molecule has 140 valence electrons. The van der Waals surface area contributed by atoms with E-state index in [0.717, 1.165) is 10.5 Å². The number of carbonyl (C=O) groups is 1. The van der Waals surface area contributed by atoms with Crippen LogP contribution in [0.4, 0.5) is 0 Å². The standard InChI is InChI=1S/C14H20N2O7S2/c1-9-4-5-10(14(18)19)6-13(9)25(22,23)16(15(2)3)11-7-24(20,21)8-12(11)17/h4-6,11-12,17H,7-8H2,1-3H3,(H,18,19)/t11-,12-/m1/s1. The minimum absolute atomic E-state index is 0.206. The zero-order valence-corrected chi connectivity index (χ0v) is 15.6. The van der Waals surface area contributed by atoms with Crippen molar-refractivity contribution in [2.45, 2.75) is 24.0 Å². The largest absolute Gasteiger partial charge is 0.478 e. The lowest BCUT2D eigenvalue weighted by Gasteiger charge is -2.34. The van der Waals surface area contributed by atoms with E-state index in [0.29, 0.717) is 5.56 Å². The van der Waals surface area contributed by atoms with Gasteiger partial charge in [-0.1, -0.05) is 6.07 Å². The second kappa shape index (κ2) is 6.65. The molecule has 1 aromatic carbocycles. The van der Waals surface area contributed by atoms with Gasteiger partial charge in [-0.15, -0.1) is 4.41 Å². The molecule has 1 aliphatic heterocycles. The van der Waals surface area contributed by atoms with Gasteiger partial charge in [0.05, 0.1) is 34.1 Å². The summed E-state index contributed by atoms with van der Waals surface area (Å²) in [4.78, 5) is 10.9. The Bertz CT molecular complexity index is 894. The molecule has 9 nitrogen and oxygen atoms in total. The molecular weight excluding hydrogens is 372 g/mol. The fourth-order valence-electron chi connectivity index (χ4n) is 2.82. The van der Waals surface area contributed by atoms with E-state index in [-0.39, 0.29) is 10.5 Å². The summed E-state index contributed by atoms with van der Waals surface area (Å²) in [6, 6.07) is 2.49. The SMILES string of the molecule is Cc1ccc(C(=O)O)cc1S(=O)(=O)N([C@@H]1CS(=O)(=O)C[C@H]1O)N(C)C. The minimum atomic E-state index is -4.28. The van der Waals surface area contributed by atoms with Crippen LogP contribution in [-0.4, -0.2) is 80.2 Å². The Morgan fingerprint density at radius 3 is 2.28 bits per heavy atom. The lowest BCUT2D eigenvalue weighted by atomic mass is 10.1. The second-order valence-corrected chi connectivity index (χ2v) is 10.0. The molecule has 1 aliphatic rings. The van der Waals surface area contributed by atoms with Crippen LogP contribution in [0.3, 0.4) is 0 Å². The first kappa shape index (κ1) is 19.8. The Labute approximate surface area is 146 Å². The van der Waals surface area contributed by atoms with Crippen molar-refractivity contribution in [2.75, 3.05) is 25.6 Å². The lowest BCUT2D eigenvalue weighted by molar-refractivity contribution is 0.0271. The first-order chi connectivity index (χ1) is 11.4. The number of aliphatic hydroxyl groups excluding tert-OH is 1. The van der Waals surface area contributed by atoms with E-state index < -0.39 is 49.5 Å². The molecule has 0 saturated carbocycles. The fourth-order valence-corrected chi connectivity index (χ4v) is 6.63. The number of sulfone groups is 1. The normalized spacial score (nSPS) is 23.3. The van der Waals surface area contributed by atoms with Gasteiger partial charge >= 0.3 is 5.97 Å². The first-order valence-corrected chi connectivity index (χ1v) is 10.6. The van der Waals surface area contributed by atoms with Gasteiger partial charge in [0.1, 0.15) is 0 Å². The second-order valence-electron chi connectivity index (χ2n) is 6.12. The van der Waals surface area contributed by atoms with Crippen LogP contribution in [0.2, 0.25) is 0 Å². The number of hydrogen-bond donors (Lipinski definition) is 2. The van der Waals surface area contributed by atoms with Crippen LogP contribution >= 0.6 is 0 Å². The summed E-state index contributed by atoms with van der Waals surface area (Å²) in [5.41, 5.74) is 0.106. The molecule has 0 aliphatic carbocycles. The van der Waals surface area contributed by atoms with Crippen LogP contribution in [0.25, 0.3) is 0 Å². The Kier molecular flexibility index (Phi) is 5.26. The third kappa shape index (κ3) is 3.85. The number of carboxylic acid groups (broad SMARTS) is 1. The molecule has 11 heteroatoms. The predicted octanol–water partition coefficient (Wildman–Crippen LogP) is -0.682. The number of hydrazine groups is 1. The van der Waals surface area contributed by atoms with Crippen LogP contribution in [-0.2, 0) is 19.9 Å². The maximum absolute atomic E-state index is 13.1. The van der Waals surface area contributed by atoms with Crippen LogP contribution < -0.4 is 0 Å². The zero-order valence-electron chi connectivity index (χ0n) is 13.9. The van der Waals surface area contributed by atoms with Gasteiger partial charge in [0.2, 0.25) is 0 Å². The molecule has 25 heavy (non-hydrogen) atoms. The number of nitrogens with zero attached hydrogens (tertiary/aromatic N) is 2. The van der Waals surface area contributed by atoms with Gasteiger partial charge in [-0.25, -0.2) is 26.6 Å². The van der Waals surface area contributed by atoms with Gasteiger partial charge in [0.15, 0.2) is 9.84 Å². The van der Waals surface area contributed by atoms with Gasteiger partial charge in [-0.05, 0) is 24.6 Å².